The van der Waals surface area contributed by atoms with Crippen molar-refractivity contribution >= 4 is 11.6 Å². The zero-order valence-electron chi connectivity index (χ0n) is 19.7. The van der Waals surface area contributed by atoms with Crippen LogP contribution in [0.5, 0.6) is 0 Å². The van der Waals surface area contributed by atoms with Gasteiger partial charge in [0, 0.05) is 29.2 Å². The summed E-state index contributed by atoms with van der Waals surface area (Å²) >= 11 is 0. The van der Waals surface area contributed by atoms with Crippen LogP contribution in [0.15, 0.2) is 23.0 Å². The molecule has 0 saturated carbocycles. The Hall–Kier alpha value is -2.36. The smallest absolute Gasteiger partial charge is 0.261 e. The largest absolute Gasteiger partial charge is 0.348 e. The number of aryl methyl sites for hydroxylation is 2. The molecule has 0 spiro atoms. The zero-order valence-corrected chi connectivity index (χ0v) is 19.7. The summed E-state index contributed by atoms with van der Waals surface area (Å²) in [4.78, 5) is 26.7. The Morgan fingerprint density at radius 2 is 1.70 bits per heavy atom. The average molecular weight is 411 g/mol. The predicted molar refractivity (Wildman–Crippen MR) is 127 cm³/mol. The van der Waals surface area contributed by atoms with Gasteiger partial charge in [-0.25, -0.2) is 0 Å². The molecule has 4 nitrogen and oxygen atoms in total. The molecule has 2 rings (SSSR count). The molecule has 0 unspecified atom stereocenters. The molecule has 1 amide bonds. The van der Waals surface area contributed by atoms with Crippen LogP contribution in [0.25, 0.3) is 0 Å². The van der Waals surface area contributed by atoms with E-state index >= 15 is 0 Å². The van der Waals surface area contributed by atoms with Crippen LogP contribution in [-0.2, 0) is 25.8 Å². The minimum Gasteiger partial charge on any atom is -0.348 e. The minimum atomic E-state index is -0.291. The number of nitrogens with zero attached hydrogens (tertiary/aromatic N) is 1. The minimum absolute atomic E-state index is 0.110. The van der Waals surface area contributed by atoms with Crippen molar-refractivity contribution < 1.29 is 4.79 Å². The zero-order chi connectivity index (χ0) is 22.3. The molecule has 1 N–H and O–H groups in total. The van der Waals surface area contributed by atoms with E-state index in [1.807, 2.05) is 39.0 Å². The molecule has 0 radical (unpaired) electrons. The Morgan fingerprint density at radius 1 is 0.967 bits per heavy atom. The summed E-state index contributed by atoms with van der Waals surface area (Å²) in [6.45, 7) is 13.1. The monoisotopic (exact) mass is 410 g/mol. The van der Waals surface area contributed by atoms with Gasteiger partial charge in [-0.3, -0.25) is 9.59 Å². The molecule has 0 aliphatic rings. The first-order valence-electron chi connectivity index (χ1n) is 11.6. The van der Waals surface area contributed by atoms with Gasteiger partial charge in [0.05, 0.1) is 0 Å². The first-order valence-corrected chi connectivity index (χ1v) is 11.6. The number of carbonyl (C=O) groups is 1. The van der Waals surface area contributed by atoms with E-state index in [0.29, 0.717) is 12.0 Å². The summed E-state index contributed by atoms with van der Waals surface area (Å²) in [5.74, 6) is -0.291. The number of rotatable bonds is 10. The van der Waals surface area contributed by atoms with Crippen molar-refractivity contribution in [3.63, 3.8) is 0 Å². The van der Waals surface area contributed by atoms with Gasteiger partial charge in [0.1, 0.15) is 5.56 Å². The highest BCUT2D eigenvalue weighted by atomic mass is 16.2. The molecule has 0 aliphatic carbocycles. The van der Waals surface area contributed by atoms with Crippen LogP contribution in [-0.4, -0.2) is 10.5 Å². The number of aromatic nitrogens is 1. The first-order chi connectivity index (χ1) is 14.4. The predicted octanol–water partition coefficient (Wildman–Crippen LogP) is 5.98. The molecule has 1 aromatic carbocycles. The second-order valence-electron chi connectivity index (χ2n) is 8.05. The van der Waals surface area contributed by atoms with Crippen LogP contribution in [0.4, 0.5) is 5.69 Å². The third kappa shape index (κ3) is 5.03. The average Bonchev–Trinajstić information content (AvgIpc) is 2.73. The molecule has 2 aromatic rings. The van der Waals surface area contributed by atoms with Gasteiger partial charge in [0.2, 0.25) is 0 Å². The van der Waals surface area contributed by atoms with Crippen LogP contribution in [0, 0.1) is 13.8 Å². The van der Waals surface area contributed by atoms with Gasteiger partial charge in [-0.2, -0.15) is 0 Å². The maximum Gasteiger partial charge on any atom is 0.261 e. The fourth-order valence-electron chi connectivity index (χ4n) is 4.36. The summed E-state index contributed by atoms with van der Waals surface area (Å²) < 4.78 is 2.23. The molecule has 1 aromatic heterocycles. The van der Waals surface area contributed by atoms with Gasteiger partial charge in [-0.05, 0) is 50.7 Å². The highest BCUT2D eigenvalue weighted by Crippen LogP contribution is 2.23. The lowest BCUT2D eigenvalue weighted by molar-refractivity contribution is 0.102. The standard InChI is InChI=1S/C26H38N2O2/c1-7-11-12-13-17-28-19(6)23(25(29)21(9-3)22(28)10-4)26(30)27-24-18(5)15-14-16-20(24)8-2/h14-16H,7-13,17H2,1-6H3,(H,27,30). The third-order valence-electron chi connectivity index (χ3n) is 6.07. The number of unbranched alkanes of at least 4 members (excludes halogenated alkanes) is 3. The van der Waals surface area contributed by atoms with Gasteiger partial charge < -0.3 is 9.88 Å². The summed E-state index contributed by atoms with van der Waals surface area (Å²) in [5, 5.41) is 3.07. The van der Waals surface area contributed by atoms with Crippen LogP contribution in [0.3, 0.4) is 0 Å². The van der Waals surface area contributed by atoms with Crippen molar-refractivity contribution in [2.45, 2.75) is 93.0 Å². The molecular formula is C26H38N2O2. The van der Waals surface area contributed by atoms with Gasteiger partial charge in [0.25, 0.3) is 5.91 Å². The number of benzene rings is 1. The van der Waals surface area contributed by atoms with E-state index in [4.69, 9.17) is 0 Å². The maximum atomic E-state index is 13.3. The van der Waals surface area contributed by atoms with Crippen molar-refractivity contribution in [3.05, 3.63) is 62.1 Å². The number of nitrogens with one attached hydrogen (secondary N) is 1. The Kier molecular flexibility index (Phi) is 8.88. The van der Waals surface area contributed by atoms with E-state index in [9.17, 15) is 9.59 Å². The molecule has 0 bridgehead atoms. The van der Waals surface area contributed by atoms with Crippen molar-refractivity contribution in [1.29, 1.82) is 0 Å². The second kappa shape index (κ2) is 11.1. The topological polar surface area (TPSA) is 51.1 Å². The fraction of sp³-hybridized carbons (Fsp3) is 0.538. The highest BCUT2D eigenvalue weighted by Gasteiger charge is 2.23. The number of para-hydroxylation sites is 1. The number of hydrogen-bond donors (Lipinski definition) is 1. The Morgan fingerprint density at radius 3 is 2.30 bits per heavy atom. The quantitative estimate of drug-likeness (QED) is 0.490. The molecule has 0 fully saturated rings. The van der Waals surface area contributed by atoms with Crippen LogP contribution in [0.1, 0.15) is 91.8 Å². The normalized spacial score (nSPS) is 11.0. The Bertz CT molecular complexity index is 941. The maximum absolute atomic E-state index is 13.3. The summed E-state index contributed by atoms with van der Waals surface area (Å²) in [7, 11) is 0. The molecule has 0 atom stereocenters. The van der Waals surface area contributed by atoms with E-state index in [0.717, 1.165) is 66.0 Å². The van der Waals surface area contributed by atoms with Gasteiger partial charge in [-0.1, -0.05) is 65.2 Å². The van der Waals surface area contributed by atoms with Crippen molar-refractivity contribution in [3.8, 4) is 0 Å². The van der Waals surface area contributed by atoms with E-state index < -0.39 is 0 Å². The third-order valence-corrected chi connectivity index (χ3v) is 6.07. The van der Waals surface area contributed by atoms with E-state index in [1.165, 1.54) is 12.8 Å². The van der Waals surface area contributed by atoms with Crippen molar-refractivity contribution in [2.75, 3.05) is 5.32 Å². The number of anilines is 1. The lowest BCUT2D eigenvalue weighted by atomic mass is 10.00. The summed E-state index contributed by atoms with van der Waals surface area (Å²) in [6, 6.07) is 6.02. The van der Waals surface area contributed by atoms with Crippen LogP contribution in [0.2, 0.25) is 0 Å². The van der Waals surface area contributed by atoms with Crippen molar-refractivity contribution in [2.24, 2.45) is 0 Å². The van der Waals surface area contributed by atoms with Gasteiger partial charge in [-0.15, -0.1) is 0 Å². The lowest BCUT2D eigenvalue weighted by Crippen LogP contribution is -2.31. The number of amides is 1. The van der Waals surface area contributed by atoms with E-state index in [2.05, 4.69) is 30.7 Å². The van der Waals surface area contributed by atoms with E-state index in [-0.39, 0.29) is 11.3 Å². The molecule has 1 heterocycles. The fourth-order valence-corrected chi connectivity index (χ4v) is 4.36. The first kappa shape index (κ1) is 23.9. The Labute approximate surface area is 181 Å². The highest BCUT2D eigenvalue weighted by molar-refractivity contribution is 6.06. The number of pyridine rings is 1. The van der Waals surface area contributed by atoms with Crippen LogP contribution < -0.4 is 10.7 Å². The van der Waals surface area contributed by atoms with Gasteiger partial charge >= 0.3 is 0 Å². The lowest BCUT2D eigenvalue weighted by Gasteiger charge is -2.22. The molecule has 0 saturated heterocycles. The second-order valence-corrected chi connectivity index (χ2v) is 8.05. The summed E-state index contributed by atoms with van der Waals surface area (Å²) in [6.07, 6.45) is 6.89. The van der Waals surface area contributed by atoms with Crippen molar-refractivity contribution in [1.82, 2.24) is 4.57 Å². The molecule has 0 aliphatic heterocycles. The molecule has 30 heavy (non-hydrogen) atoms. The molecule has 164 valence electrons. The Balaban J connectivity index is 2.53. The number of carbonyl (C=O) groups excluding carboxylic acids is 1. The molecular weight excluding hydrogens is 372 g/mol. The van der Waals surface area contributed by atoms with Gasteiger partial charge in [0.15, 0.2) is 5.43 Å². The number of hydrogen-bond acceptors (Lipinski definition) is 2. The van der Waals surface area contributed by atoms with E-state index in [1.54, 1.807) is 0 Å². The molecule has 4 heteroatoms. The summed E-state index contributed by atoms with van der Waals surface area (Å²) in [5.41, 5.74) is 5.77. The van der Waals surface area contributed by atoms with Crippen LogP contribution >= 0.6 is 0 Å². The SMILES string of the molecule is CCCCCCn1c(C)c(C(=O)Nc2c(C)cccc2CC)c(=O)c(CC)c1CC.